The van der Waals surface area contributed by atoms with Gasteiger partial charge in [-0.25, -0.2) is 9.98 Å². The number of allylic oxidation sites excluding steroid dienone is 2. The van der Waals surface area contributed by atoms with Crippen LogP contribution in [0.1, 0.15) is 139 Å². The van der Waals surface area contributed by atoms with Crippen LogP contribution in [0.2, 0.25) is 18.1 Å². The summed E-state index contributed by atoms with van der Waals surface area (Å²) in [5, 5.41) is 21.9. The van der Waals surface area contributed by atoms with Crippen molar-refractivity contribution in [2.45, 2.75) is 181 Å². The van der Waals surface area contributed by atoms with Crippen molar-refractivity contribution in [1.82, 2.24) is 0 Å². The summed E-state index contributed by atoms with van der Waals surface area (Å²) < 4.78 is 18.5. The Morgan fingerprint density at radius 3 is 2.00 bits per heavy atom. The van der Waals surface area contributed by atoms with E-state index in [1.165, 1.54) is 64.2 Å². The van der Waals surface area contributed by atoms with E-state index in [0.717, 1.165) is 6.42 Å². The first-order valence-corrected chi connectivity index (χ1v) is 20.8. The van der Waals surface area contributed by atoms with E-state index in [2.05, 4.69) is 66.8 Å². The highest BCUT2D eigenvalue weighted by Gasteiger charge is 2.48. The first-order chi connectivity index (χ1) is 20.8. The molecular weight excluding hydrogens is 568 g/mol. The highest BCUT2D eigenvalue weighted by molar-refractivity contribution is 6.74. The molecule has 7 nitrogen and oxygen atoms in total. The van der Waals surface area contributed by atoms with Crippen LogP contribution in [-0.4, -0.2) is 73.9 Å². The van der Waals surface area contributed by atoms with Gasteiger partial charge < -0.3 is 24.1 Å². The lowest BCUT2D eigenvalue weighted by atomic mass is 9.87. The number of aliphatic hydroxyl groups excluding tert-OH is 2. The number of rotatable bonds is 22. The summed E-state index contributed by atoms with van der Waals surface area (Å²) in [6.45, 7) is 22.4. The molecule has 0 aliphatic carbocycles. The van der Waals surface area contributed by atoms with Gasteiger partial charge in [0.2, 0.25) is 11.8 Å². The molecule has 1 aliphatic heterocycles. The Morgan fingerprint density at radius 2 is 1.45 bits per heavy atom. The summed E-state index contributed by atoms with van der Waals surface area (Å²) >= 11 is 0. The zero-order valence-corrected chi connectivity index (χ0v) is 31.3. The fraction of sp³-hybridized carbons (Fsp3) is 0.889. The quantitative estimate of drug-likeness (QED) is 0.0701. The Kier molecular flexibility index (Phi) is 19.3. The van der Waals surface area contributed by atoms with Crippen LogP contribution in [0.3, 0.4) is 0 Å². The molecule has 4 atom stereocenters. The molecule has 8 heteroatoms. The van der Waals surface area contributed by atoms with Crippen molar-refractivity contribution >= 4 is 20.1 Å². The van der Waals surface area contributed by atoms with Crippen LogP contribution < -0.4 is 0 Å². The van der Waals surface area contributed by atoms with E-state index in [1.807, 2.05) is 13.8 Å². The monoisotopic (exact) mass is 639 g/mol. The molecule has 1 aliphatic rings. The van der Waals surface area contributed by atoms with E-state index < -0.39 is 26.6 Å². The van der Waals surface area contributed by atoms with Crippen molar-refractivity contribution in [3.8, 4) is 0 Å². The highest BCUT2D eigenvalue weighted by Crippen LogP contribution is 2.38. The number of hydrogen-bond acceptors (Lipinski definition) is 7. The van der Waals surface area contributed by atoms with Gasteiger partial charge >= 0.3 is 0 Å². The predicted octanol–water partition coefficient (Wildman–Crippen LogP) is 9.02. The molecule has 0 fully saturated rings. The van der Waals surface area contributed by atoms with Gasteiger partial charge in [-0.15, -0.1) is 0 Å². The summed E-state index contributed by atoms with van der Waals surface area (Å²) in [6, 6.07) is -0.287. The number of hydrogen-bond donors (Lipinski definition) is 2. The Morgan fingerprint density at radius 1 is 0.864 bits per heavy atom. The molecule has 1 heterocycles. The third-order valence-electron chi connectivity index (χ3n) is 9.25. The molecule has 2 N–H and O–H groups in total. The zero-order chi connectivity index (χ0) is 33.2. The largest absolute Gasteiger partial charge is 0.480 e. The fourth-order valence-corrected chi connectivity index (χ4v) is 6.82. The Balaban J connectivity index is 2.56. The van der Waals surface area contributed by atoms with Gasteiger partial charge in [-0.05, 0) is 76.4 Å². The summed E-state index contributed by atoms with van der Waals surface area (Å²) in [7, 11) is -1.75. The van der Waals surface area contributed by atoms with E-state index in [4.69, 9.17) is 23.9 Å². The topological polar surface area (TPSA) is 92.9 Å². The molecule has 0 radical (unpaired) electrons. The van der Waals surface area contributed by atoms with Crippen LogP contribution in [0, 0.1) is 5.92 Å². The average Bonchev–Trinajstić information content (AvgIpc) is 2.95. The molecule has 0 saturated carbocycles. The minimum Gasteiger partial charge on any atom is -0.480 e. The van der Waals surface area contributed by atoms with Gasteiger partial charge in [0, 0.05) is 6.10 Å². The van der Waals surface area contributed by atoms with Crippen molar-refractivity contribution in [3.63, 3.8) is 0 Å². The first-order valence-electron chi connectivity index (χ1n) is 17.8. The lowest BCUT2D eigenvalue weighted by Gasteiger charge is -2.39. The van der Waals surface area contributed by atoms with Gasteiger partial charge in [0.15, 0.2) is 13.9 Å². The molecule has 0 aromatic heterocycles. The van der Waals surface area contributed by atoms with Crippen LogP contribution in [0.15, 0.2) is 22.1 Å². The molecule has 4 unspecified atom stereocenters. The molecule has 1 rings (SSSR count). The summed E-state index contributed by atoms with van der Waals surface area (Å²) in [4.78, 5) is 9.52. The third-order valence-corrected chi connectivity index (χ3v) is 13.8. The maximum Gasteiger partial charge on any atom is 0.218 e. The van der Waals surface area contributed by atoms with E-state index in [1.54, 1.807) is 0 Å². The van der Waals surface area contributed by atoms with Crippen LogP contribution in [0.5, 0.6) is 0 Å². The van der Waals surface area contributed by atoms with Crippen molar-refractivity contribution in [2.75, 3.05) is 19.8 Å². The predicted molar refractivity (Wildman–Crippen MR) is 189 cm³/mol. The Bertz CT molecular complexity index is 867. The van der Waals surface area contributed by atoms with Crippen molar-refractivity contribution < 1.29 is 24.1 Å². The van der Waals surface area contributed by atoms with E-state index in [9.17, 15) is 10.2 Å². The molecule has 0 aromatic carbocycles. The van der Waals surface area contributed by atoms with Gasteiger partial charge in [-0.3, -0.25) is 0 Å². The van der Waals surface area contributed by atoms with Crippen LogP contribution in [0.25, 0.3) is 0 Å². The van der Waals surface area contributed by atoms with Crippen molar-refractivity contribution in [3.05, 3.63) is 12.2 Å². The Hall–Kier alpha value is -1.22. The van der Waals surface area contributed by atoms with E-state index in [0.29, 0.717) is 44.0 Å². The molecule has 0 saturated heterocycles. The molecule has 44 heavy (non-hydrogen) atoms. The van der Waals surface area contributed by atoms with Gasteiger partial charge in [-0.1, -0.05) is 98.6 Å². The second-order valence-electron chi connectivity index (χ2n) is 14.4. The van der Waals surface area contributed by atoms with Gasteiger partial charge in [0.05, 0.1) is 25.9 Å². The summed E-state index contributed by atoms with van der Waals surface area (Å²) in [5.74, 6) is 0.920. The number of unbranched alkanes of at least 4 members (excludes halogenated alkanes) is 7. The fourth-order valence-electron chi connectivity index (χ4n) is 5.40. The molecule has 0 amide bonds. The van der Waals surface area contributed by atoms with Gasteiger partial charge in [-0.2, -0.15) is 0 Å². The smallest absolute Gasteiger partial charge is 0.218 e. The standard InChI is InChI=1S/C36H70N2O5Si/c1-11-14-15-22-25-30(43-44(9,10)35(6,7)8)26-23-20-18-16-17-19-21-24-27-31(40)36(28-39)34(42-13-3)37-32(29(4)5)33(38-36)41-12-2/h19,21,29-32,39-40H,11-18,20,22-28H2,1-10H3/b21-19+. The first kappa shape index (κ1) is 40.8. The van der Waals surface area contributed by atoms with Crippen LogP contribution >= 0.6 is 0 Å². The molecular formula is C36H70N2O5Si. The summed E-state index contributed by atoms with van der Waals surface area (Å²) in [6.07, 6.45) is 18.5. The maximum atomic E-state index is 11.2. The lowest BCUT2D eigenvalue weighted by molar-refractivity contribution is 0.0566. The van der Waals surface area contributed by atoms with Crippen LogP contribution in [-0.2, 0) is 13.9 Å². The van der Waals surface area contributed by atoms with E-state index >= 15 is 0 Å². The highest BCUT2D eigenvalue weighted by atomic mass is 28.4. The second kappa shape index (κ2) is 20.8. The van der Waals surface area contributed by atoms with Crippen LogP contribution in [0.4, 0.5) is 0 Å². The minimum absolute atomic E-state index is 0.153. The maximum absolute atomic E-state index is 11.2. The molecule has 0 spiro atoms. The number of aliphatic hydroxyl groups is 2. The lowest BCUT2D eigenvalue weighted by Crippen LogP contribution is -2.56. The number of nitrogens with zero attached hydrogens (tertiary/aromatic N) is 2. The zero-order valence-electron chi connectivity index (χ0n) is 30.3. The van der Waals surface area contributed by atoms with Gasteiger partial charge in [0.25, 0.3) is 0 Å². The number of aliphatic imine (C=N–C) groups is 2. The second-order valence-corrected chi connectivity index (χ2v) is 19.2. The molecule has 0 aromatic rings. The normalized spacial score (nSPS) is 21.0. The van der Waals surface area contributed by atoms with E-state index in [-0.39, 0.29) is 17.0 Å². The van der Waals surface area contributed by atoms with Gasteiger partial charge in [0.1, 0.15) is 6.04 Å². The van der Waals surface area contributed by atoms with Crippen molar-refractivity contribution in [1.29, 1.82) is 0 Å². The SMILES string of the molecule is CCCCCCC(CCCCCC/C=C/CCC(O)C1(CO)N=C(OCC)C(C(C)C)N=C1OCC)O[Si](C)(C)C(C)(C)C. The average molecular weight is 639 g/mol. The van der Waals surface area contributed by atoms with Crippen molar-refractivity contribution in [2.24, 2.45) is 15.9 Å². The number of ether oxygens (including phenoxy) is 2. The Labute approximate surface area is 272 Å². The third kappa shape index (κ3) is 13.3. The molecule has 258 valence electrons. The molecule has 0 bridgehead atoms. The summed E-state index contributed by atoms with van der Waals surface area (Å²) in [5.41, 5.74) is -1.33. The minimum atomic E-state index is -1.75.